The third kappa shape index (κ3) is 36.2. The van der Waals surface area contributed by atoms with Crippen molar-refractivity contribution < 1.29 is 89.4 Å². The predicted octanol–water partition coefficient (Wildman–Crippen LogP) is 10.0. The lowest BCUT2D eigenvalue weighted by atomic mass is 9.96. The summed E-state index contributed by atoms with van der Waals surface area (Å²) >= 11 is 0. The van der Waals surface area contributed by atoms with Gasteiger partial charge in [-0.25, -0.2) is 0 Å². The maximum absolute atomic E-state index is 13.4. The normalized spacial score (nSPS) is 28.1. The third-order valence-corrected chi connectivity index (χ3v) is 17.4. The Bertz CT molecular complexity index is 2060. The van der Waals surface area contributed by atoms with Crippen molar-refractivity contribution in [3.8, 4) is 0 Å². The van der Waals surface area contributed by atoms with E-state index in [1.165, 1.54) is 128 Å². The minimum atomic E-state index is -1.99. The van der Waals surface area contributed by atoms with Crippen LogP contribution in [0.4, 0.5) is 0 Å². The molecule has 3 rings (SSSR count). The molecule has 0 radical (unpaired) electrons. The SMILES string of the molecule is CC/C=C\C/C=C\C/C=C\C/C=C\C/C=C\C/C=C\C/C=C\CCCC(=O)NC(COC1OC(CO)C(OC2OC(CO)C(OC3OC(CO)C(O)C(O)C3O)C(O)C2O)C(O)C1O)C(O)/C=C/CCCCCCCCCCCCCCCCCCCCCCCCC. The fourth-order valence-electron chi connectivity index (χ4n) is 11.6. The molecule has 12 N–H and O–H groups in total. The lowest BCUT2D eigenvalue weighted by Crippen LogP contribution is -2.66. The number of ether oxygens (including phenoxy) is 6. The lowest BCUT2D eigenvalue weighted by Gasteiger charge is -2.48. The average molecular weight is 1320 g/mol. The van der Waals surface area contributed by atoms with Gasteiger partial charge in [0.2, 0.25) is 5.91 Å². The van der Waals surface area contributed by atoms with Crippen molar-refractivity contribution in [1.82, 2.24) is 5.32 Å². The quantitative estimate of drug-likeness (QED) is 0.0199. The second-order valence-electron chi connectivity index (χ2n) is 25.3. The Balaban J connectivity index is 1.46. The smallest absolute Gasteiger partial charge is 0.220 e. The average Bonchev–Trinajstić information content (AvgIpc) is 0.814. The molecule has 0 bridgehead atoms. The van der Waals surface area contributed by atoms with Crippen LogP contribution in [-0.2, 0) is 33.2 Å². The van der Waals surface area contributed by atoms with Gasteiger partial charge in [0.1, 0.15) is 73.2 Å². The van der Waals surface area contributed by atoms with E-state index < -0.39 is 124 Å². The Hall–Kier alpha value is -3.29. The van der Waals surface area contributed by atoms with E-state index in [1.807, 2.05) is 12.2 Å². The zero-order valence-corrected chi connectivity index (χ0v) is 56.7. The zero-order valence-electron chi connectivity index (χ0n) is 56.7. The first-order chi connectivity index (χ1) is 45.3. The number of allylic oxidation sites excluding steroid dienone is 15. The van der Waals surface area contributed by atoms with Crippen molar-refractivity contribution in [2.24, 2.45) is 0 Å². The number of aliphatic hydroxyl groups is 11. The molecule has 17 atom stereocenters. The molecule has 0 saturated carbocycles. The van der Waals surface area contributed by atoms with Crippen LogP contribution in [0.1, 0.15) is 232 Å². The summed E-state index contributed by atoms with van der Waals surface area (Å²) in [4.78, 5) is 13.4. The van der Waals surface area contributed by atoms with Crippen LogP contribution in [0.25, 0.3) is 0 Å². The lowest BCUT2D eigenvalue weighted by molar-refractivity contribution is -0.379. The summed E-state index contributed by atoms with van der Waals surface area (Å²) in [6.07, 6.45) is 45.3. The molecule has 3 fully saturated rings. The van der Waals surface area contributed by atoms with E-state index >= 15 is 0 Å². The van der Waals surface area contributed by atoms with Crippen LogP contribution in [0.5, 0.6) is 0 Å². The number of carbonyl (C=O) groups excluding carboxylic acids is 1. The number of hydrogen-bond donors (Lipinski definition) is 12. The molecule has 0 spiro atoms. The minimum absolute atomic E-state index is 0.158. The summed E-state index contributed by atoms with van der Waals surface area (Å²) in [5, 5.41) is 121. The van der Waals surface area contributed by atoms with Gasteiger partial charge in [-0.1, -0.05) is 252 Å². The first-order valence-electron chi connectivity index (χ1n) is 36.0. The number of hydrogen-bond acceptors (Lipinski definition) is 18. The van der Waals surface area contributed by atoms with Gasteiger partial charge in [-0.15, -0.1) is 0 Å². The molecule has 17 unspecified atom stereocenters. The molecule has 0 aromatic carbocycles. The molecule has 1 amide bonds. The van der Waals surface area contributed by atoms with Crippen molar-refractivity contribution in [2.45, 2.75) is 336 Å². The van der Waals surface area contributed by atoms with Crippen molar-refractivity contribution >= 4 is 5.91 Å². The fourth-order valence-corrected chi connectivity index (χ4v) is 11.6. The molecule has 536 valence electrons. The Kier molecular flexibility index (Phi) is 49.4. The van der Waals surface area contributed by atoms with Gasteiger partial charge in [0.05, 0.1) is 38.6 Å². The Labute approximate surface area is 558 Å². The van der Waals surface area contributed by atoms with Crippen LogP contribution >= 0.6 is 0 Å². The zero-order chi connectivity index (χ0) is 67.5. The standard InChI is InChI=1S/C74H127NO18/c1-3-5-7-9-11-13-15-17-19-21-23-25-27-28-30-31-33-35-37-39-41-43-45-47-49-51-58(79)57(75-62(80)52-50-48-46-44-42-40-38-36-34-32-29-26-24-22-20-18-16-14-12-10-8-6-4-2)56-88-72-68(86)65(83)70(60(54-77)90-72)93-74-69(87)66(84)71(61(55-78)91-74)92-73-67(85)64(82)63(81)59(53-76)89-73/h6,8,12,14,18,20,24,26,32,34,38,40,44,46,49,51,57-61,63-74,76-79,81-87H,3-5,7,9-11,13,15-17,19,21-23,25,27-31,33,35-37,39,41-43,45,47-48,50,52-56H2,1-2H3,(H,75,80)/b8-6-,14-12-,20-18-,26-24-,34-32-,40-38-,46-44-,51-49+. The van der Waals surface area contributed by atoms with E-state index in [1.54, 1.807) is 6.08 Å². The highest BCUT2D eigenvalue weighted by Crippen LogP contribution is 2.33. The molecular weight excluding hydrogens is 1190 g/mol. The summed E-state index contributed by atoms with van der Waals surface area (Å²) < 4.78 is 34.3. The molecule has 0 aliphatic carbocycles. The van der Waals surface area contributed by atoms with E-state index in [4.69, 9.17) is 28.4 Å². The third-order valence-electron chi connectivity index (χ3n) is 17.4. The maximum atomic E-state index is 13.4. The van der Waals surface area contributed by atoms with Crippen LogP contribution in [-0.4, -0.2) is 193 Å². The molecule has 0 aromatic rings. The van der Waals surface area contributed by atoms with Gasteiger partial charge in [-0.2, -0.15) is 0 Å². The predicted molar refractivity (Wildman–Crippen MR) is 364 cm³/mol. The summed E-state index contributed by atoms with van der Waals surface area (Å²) in [7, 11) is 0. The van der Waals surface area contributed by atoms with Crippen LogP contribution in [0.15, 0.2) is 97.2 Å². The fraction of sp³-hybridized carbons (Fsp3) is 0.770. The van der Waals surface area contributed by atoms with E-state index in [0.717, 1.165) is 70.6 Å². The van der Waals surface area contributed by atoms with E-state index in [2.05, 4.69) is 98.2 Å². The number of unbranched alkanes of at least 4 members (excludes halogenated alkanes) is 24. The molecule has 93 heavy (non-hydrogen) atoms. The Morgan fingerprint density at radius 1 is 0.398 bits per heavy atom. The van der Waals surface area contributed by atoms with Crippen molar-refractivity contribution in [3.63, 3.8) is 0 Å². The molecule has 3 aliphatic heterocycles. The van der Waals surface area contributed by atoms with Crippen LogP contribution in [0.2, 0.25) is 0 Å². The summed E-state index contributed by atoms with van der Waals surface area (Å²) in [6.45, 7) is 1.58. The van der Waals surface area contributed by atoms with Gasteiger partial charge < -0.3 is 89.9 Å². The summed E-state index contributed by atoms with van der Waals surface area (Å²) in [5.74, 6) is -0.335. The first kappa shape index (κ1) is 83.9. The van der Waals surface area contributed by atoms with Crippen molar-refractivity contribution in [3.05, 3.63) is 97.2 Å². The number of carbonyl (C=O) groups is 1. The second-order valence-corrected chi connectivity index (χ2v) is 25.3. The number of aliphatic hydroxyl groups excluding tert-OH is 11. The molecule has 3 aliphatic rings. The van der Waals surface area contributed by atoms with Crippen LogP contribution in [0.3, 0.4) is 0 Å². The molecule has 19 heteroatoms. The summed E-state index contributed by atoms with van der Waals surface area (Å²) in [6, 6.07) is -1.01. The van der Waals surface area contributed by atoms with Gasteiger partial charge in [0.15, 0.2) is 18.9 Å². The van der Waals surface area contributed by atoms with E-state index in [9.17, 15) is 61.0 Å². The Morgan fingerprint density at radius 3 is 1.15 bits per heavy atom. The number of rotatable bonds is 54. The van der Waals surface area contributed by atoms with Gasteiger partial charge in [-0.3, -0.25) is 4.79 Å². The topological polar surface area (TPSA) is 307 Å². The van der Waals surface area contributed by atoms with Crippen LogP contribution < -0.4 is 5.32 Å². The molecule has 0 aromatic heterocycles. The second kappa shape index (κ2) is 54.7. The number of amides is 1. The van der Waals surface area contributed by atoms with Gasteiger partial charge in [0, 0.05) is 6.42 Å². The van der Waals surface area contributed by atoms with Gasteiger partial charge in [-0.05, 0) is 70.6 Å². The van der Waals surface area contributed by atoms with E-state index in [0.29, 0.717) is 12.8 Å². The monoisotopic (exact) mass is 1320 g/mol. The van der Waals surface area contributed by atoms with Gasteiger partial charge in [0.25, 0.3) is 0 Å². The highest BCUT2D eigenvalue weighted by molar-refractivity contribution is 5.76. The number of nitrogens with one attached hydrogen (secondary N) is 1. The summed E-state index contributed by atoms with van der Waals surface area (Å²) in [5.41, 5.74) is 0. The molecule has 3 heterocycles. The Morgan fingerprint density at radius 2 is 0.742 bits per heavy atom. The highest BCUT2D eigenvalue weighted by atomic mass is 16.8. The highest BCUT2D eigenvalue weighted by Gasteiger charge is 2.53. The minimum Gasteiger partial charge on any atom is -0.394 e. The van der Waals surface area contributed by atoms with Gasteiger partial charge >= 0.3 is 0 Å². The van der Waals surface area contributed by atoms with Crippen LogP contribution in [0, 0.1) is 0 Å². The largest absolute Gasteiger partial charge is 0.394 e. The molecule has 19 nitrogen and oxygen atoms in total. The van der Waals surface area contributed by atoms with Crippen molar-refractivity contribution in [1.29, 1.82) is 0 Å². The maximum Gasteiger partial charge on any atom is 0.220 e. The molecule has 3 saturated heterocycles. The molecular formula is C74H127NO18. The van der Waals surface area contributed by atoms with E-state index in [-0.39, 0.29) is 18.9 Å². The van der Waals surface area contributed by atoms with Crippen molar-refractivity contribution in [2.75, 3.05) is 26.4 Å². The first-order valence-corrected chi connectivity index (χ1v) is 36.0.